The van der Waals surface area contributed by atoms with E-state index >= 15 is 0 Å². The van der Waals surface area contributed by atoms with Gasteiger partial charge in [0.2, 0.25) is 0 Å². The maximum Gasteiger partial charge on any atom is 0.307 e. The van der Waals surface area contributed by atoms with Gasteiger partial charge in [0, 0.05) is 35.1 Å². The summed E-state index contributed by atoms with van der Waals surface area (Å²) in [4.78, 5) is 25.6. The monoisotopic (exact) mass is 381 g/mol. The number of nitrogens with zero attached hydrogens (tertiary/aromatic N) is 1. The van der Waals surface area contributed by atoms with E-state index < -0.39 is 9.84 Å². The summed E-state index contributed by atoms with van der Waals surface area (Å²) >= 11 is 3.61. The van der Waals surface area contributed by atoms with Crippen molar-refractivity contribution < 1.29 is 22.7 Å². The summed E-state index contributed by atoms with van der Waals surface area (Å²) in [5.41, 5.74) is 0. The van der Waals surface area contributed by atoms with Gasteiger partial charge in [-0.3, -0.25) is 9.59 Å². The number of carbonyl (C=O) groups excluding carboxylic acids is 2. The quantitative estimate of drug-likeness (QED) is 0.630. The highest BCUT2D eigenvalue weighted by molar-refractivity contribution is 8.06. The Morgan fingerprint density at radius 1 is 1.30 bits per heavy atom. The molecule has 2 fully saturated rings. The first-order valence-electron chi connectivity index (χ1n) is 7.76. The Bertz CT molecular complexity index is 531. The molecule has 2 heterocycles. The van der Waals surface area contributed by atoms with Gasteiger partial charge in [-0.05, 0) is 13.3 Å². The molecular weight excluding hydrogens is 358 g/mol. The minimum absolute atomic E-state index is 0.0104. The van der Waals surface area contributed by atoms with E-state index in [0.717, 1.165) is 17.3 Å². The number of hydrogen-bond acceptors (Lipinski definition) is 7. The maximum absolute atomic E-state index is 12.2. The number of carbonyl (C=O) groups is 2. The minimum atomic E-state index is -3.04. The average molecular weight is 382 g/mol. The van der Waals surface area contributed by atoms with Gasteiger partial charge in [0.05, 0.1) is 17.9 Å². The minimum Gasteiger partial charge on any atom is -0.456 e. The molecule has 2 aliphatic rings. The van der Waals surface area contributed by atoms with Crippen molar-refractivity contribution in [1.82, 2.24) is 4.90 Å². The Balaban J connectivity index is 1.77. The van der Waals surface area contributed by atoms with E-state index in [4.69, 9.17) is 4.74 Å². The summed E-state index contributed by atoms with van der Waals surface area (Å²) in [5.74, 6) is 2.57. The van der Waals surface area contributed by atoms with Gasteiger partial charge in [0.15, 0.2) is 16.4 Å². The third-order valence-electron chi connectivity index (χ3n) is 3.95. The SMILES string of the molecule is CCN(C(=O)COC(=O)C[C@H]1CSCCS1)[C@@H]1CCS(=O)(=O)C1. The van der Waals surface area contributed by atoms with Crippen LogP contribution in [0, 0.1) is 0 Å². The van der Waals surface area contributed by atoms with Crippen LogP contribution in [-0.4, -0.2) is 78.4 Å². The lowest BCUT2D eigenvalue weighted by Gasteiger charge is -2.26. The highest BCUT2D eigenvalue weighted by Gasteiger charge is 2.34. The van der Waals surface area contributed by atoms with E-state index in [2.05, 4.69) is 0 Å². The molecule has 0 spiro atoms. The third-order valence-corrected chi connectivity index (χ3v) is 8.54. The van der Waals surface area contributed by atoms with E-state index in [1.54, 1.807) is 18.7 Å². The van der Waals surface area contributed by atoms with Crippen LogP contribution >= 0.6 is 23.5 Å². The fourth-order valence-electron chi connectivity index (χ4n) is 2.78. The zero-order chi connectivity index (χ0) is 16.9. The van der Waals surface area contributed by atoms with E-state index in [1.807, 2.05) is 11.8 Å². The standard InChI is InChI=1S/C14H23NO5S3/c1-2-15(11-3-6-23(18,19)10-11)13(16)8-20-14(17)7-12-9-21-4-5-22-12/h11-12H,2-10H2,1H3/t11-,12+/m1/s1. The molecule has 0 radical (unpaired) electrons. The van der Waals surface area contributed by atoms with Crippen molar-refractivity contribution in [1.29, 1.82) is 0 Å². The van der Waals surface area contributed by atoms with Crippen molar-refractivity contribution in [2.45, 2.75) is 31.1 Å². The number of esters is 1. The molecule has 1 amide bonds. The van der Waals surface area contributed by atoms with E-state index in [1.165, 1.54) is 4.90 Å². The number of rotatable bonds is 6. The van der Waals surface area contributed by atoms with Crippen LogP contribution in [0.2, 0.25) is 0 Å². The van der Waals surface area contributed by atoms with Crippen LogP contribution in [-0.2, 0) is 24.2 Å². The van der Waals surface area contributed by atoms with Gasteiger partial charge in [-0.2, -0.15) is 23.5 Å². The molecule has 23 heavy (non-hydrogen) atoms. The highest BCUT2D eigenvalue weighted by atomic mass is 32.2. The number of hydrogen-bond donors (Lipinski definition) is 0. The number of amides is 1. The number of likely N-dealkylation sites (N-methyl/N-ethyl adjacent to an activating group) is 1. The summed E-state index contributed by atoms with van der Waals surface area (Å²) in [7, 11) is -3.04. The fraction of sp³-hybridized carbons (Fsp3) is 0.857. The van der Waals surface area contributed by atoms with Gasteiger partial charge in [0.25, 0.3) is 5.91 Å². The van der Waals surface area contributed by atoms with Gasteiger partial charge in [-0.1, -0.05) is 0 Å². The molecule has 2 saturated heterocycles. The topological polar surface area (TPSA) is 80.8 Å². The van der Waals surface area contributed by atoms with Gasteiger partial charge >= 0.3 is 5.97 Å². The summed E-state index contributed by atoms with van der Waals surface area (Å²) in [6.45, 7) is 1.93. The Hall–Kier alpha value is -0.410. The zero-order valence-electron chi connectivity index (χ0n) is 13.2. The van der Waals surface area contributed by atoms with Crippen LogP contribution < -0.4 is 0 Å². The lowest BCUT2D eigenvalue weighted by molar-refractivity contribution is -0.152. The van der Waals surface area contributed by atoms with Crippen molar-refractivity contribution in [2.24, 2.45) is 0 Å². The van der Waals surface area contributed by atoms with Gasteiger partial charge in [-0.15, -0.1) is 0 Å². The maximum atomic E-state index is 12.2. The van der Waals surface area contributed by atoms with Crippen LogP contribution in [0.3, 0.4) is 0 Å². The Kier molecular flexibility index (Phi) is 7.09. The Morgan fingerprint density at radius 3 is 2.65 bits per heavy atom. The van der Waals surface area contributed by atoms with Crippen LogP contribution in [0.25, 0.3) is 0 Å². The van der Waals surface area contributed by atoms with Gasteiger partial charge in [0.1, 0.15) is 0 Å². The lowest BCUT2D eigenvalue weighted by Crippen LogP contribution is -2.43. The molecule has 2 aliphatic heterocycles. The van der Waals surface area contributed by atoms with Crippen LogP contribution in [0.4, 0.5) is 0 Å². The first-order chi connectivity index (χ1) is 10.9. The normalized spacial score (nSPS) is 26.7. The zero-order valence-corrected chi connectivity index (χ0v) is 15.7. The molecular formula is C14H23NO5S3. The highest BCUT2D eigenvalue weighted by Crippen LogP contribution is 2.26. The fourth-order valence-corrected chi connectivity index (χ4v) is 7.18. The summed E-state index contributed by atoms with van der Waals surface area (Å²) in [6, 6.07) is -0.290. The largest absolute Gasteiger partial charge is 0.456 e. The number of thioether (sulfide) groups is 2. The Morgan fingerprint density at radius 2 is 2.09 bits per heavy atom. The molecule has 2 rings (SSSR count). The summed E-state index contributed by atoms with van der Waals surface area (Å²) < 4.78 is 28.2. The van der Waals surface area contributed by atoms with Crippen LogP contribution in [0.5, 0.6) is 0 Å². The van der Waals surface area contributed by atoms with Crippen molar-refractivity contribution in [3.8, 4) is 0 Å². The summed E-state index contributed by atoms with van der Waals surface area (Å²) in [5, 5.41) is 0.263. The van der Waals surface area contributed by atoms with Crippen LogP contribution in [0.15, 0.2) is 0 Å². The van der Waals surface area contributed by atoms with E-state index in [9.17, 15) is 18.0 Å². The predicted molar refractivity (Wildman–Crippen MR) is 93.6 cm³/mol. The molecule has 9 heteroatoms. The predicted octanol–water partition coefficient (Wildman–Crippen LogP) is 0.804. The van der Waals surface area contributed by atoms with Gasteiger partial charge < -0.3 is 9.64 Å². The molecule has 132 valence electrons. The second-order valence-electron chi connectivity index (χ2n) is 5.67. The first kappa shape index (κ1) is 18.9. The molecule has 0 aromatic carbocycles. The van der Waals surface area contributed by atoms with E-state index in [0.29, 0.717) is 19.4 Å². The second kappa shape index (κ2) is 8.62. The number of sulfone groups is 1. The molecule has 0 unspecified atom stereocenters. The number of ether oxygens (including phenoxy) is 1. The molecule has 0 aromatic rings. The average Bonchev–Trinajstić information content (AvgIpc) is 2.87. The van der Waals surface area contributed by atoms with Crippen molar-refractivity contribution in [3.05, 3.63) is 0 Å². The summed E-state index contributed by atoms with van der Waals surface area (Å²) in [6.07, 6.45) is 0.792. The van der Waals surface area contributed by atoms with Crippen molar-refractivity contribution >= 4 is 45.2 Å². The molecule has 0 aromatic heterocycles. The first-order valence-corrected chi connectivity index (χ1v) is 11.8. The van der Waals surface area contributed by atoms with E-state index in [-0.39, 0.29) is 41.3 Å². The Labute approximate surface area is 146 Å². The molecule has 0 N–H and O–H groups in total. The lowest BCUT2D eigenvalue weighted by atomic mass is 10.2. The molecule has 0 bridgehead atoms. The third kappa shape index (κ3) is 5.86. The molecule has 6 nitrogen and oxygen atoms in total. The smallest absolute Gasteiger partial charge is 0.307 e. The van der Waals surface area contributed by atoms with Gasteiger partial charge in [-0.25, -0.2) is 8.42 Å². The van der Waals surface area contributed by atoms with Crippen molar-refractivity contribution in [3.63, 3.8) is 0 Å². The van der Waals surface area contributed by atoms with Crippen LogP contribution in [0.1, 0.15) is 19.8 Å². The second-order valence-corrected chi connectivity index (χ2v) is 10.5. The molecule has 2 atom stereocenters. The van der Waals surface area contributed by atoms with Crippen molar-refractivity contribution in [2.75, 3.05) is 41.9 Å². The molecule has 0 aliphatic carbocycles. The molecule has 0 saturated carbocycles.